The molecule has 2 aromatic rings. The number of nitrogen functional groups attached to an aromatic ring is 1. The molecule has 0 atom stereocenters. The molecule has 0 saturated heterocycles. The van der Waals surface area contributed by atoms with Crippen LogP contribution < -0.4 is 10.6 Å². The zero-order chi connectivity index (χ0) is 10.7. The summed E-state index contributed by atoms with van der Waals surface area (Å²) in [4.78, 5) is 7.79. The third-order valence-corrected chi connectivity index (χ3v) is 3.99. The van der Waals surface area contributed by atoms with Gasteiger partial charge in [-0.05, 0) is 17.9 Å². The van der Waals surface area contributed by atoms with Crippen molar-refractivity contribution >= 4 is 32.8 Å². The first-order valence-electron chi connectivity index (χ1n) is 4.70. The molecule has 0 amide bonds. The Morgan fingerprint density at radius 2 is 2.40 bits per heavy atom. The van der Waals surface area contributed by atoms with Crippen molar-refractivity contribution in [3.8, 4) is 0 Å². The van der Waals surface area contributed by atoms with E-state index in [4.69, 9.17) is 5.73 Å². The Hall–Kier alpha value is -1.07. The fourth-order valence-corrected chi connectivity index (χ4v) is 2.65. The summed E-state index contributed by atoms with van der Waals surface area (Å²) in [5.74, 6) is 0. The van der Waals surface area contributed by atoms with Crippen molar-refractivity contribution in [2.75, 3.05) is 24.2 Å². The standard InChI is InChI=1S/C10H13N3S2/c1-13(10-12-7-9(11)15-10)5-4-8-3-2-6-14-8/h2-3,6-7H,4-5,11H2,1H3. The molecule has 0 saturated carbocycles. The molecule has 2 aromatic heterocycles. The number of thiophene rings is 1. The van der Waals surface area contributed by atoms with Gasteiger partial charge in [-0.1, -0.05) is 17.4 Å². The van der Waals surface area contributed by atoms with E-state index < -0.39 is 0 Å². The smallest absolute Gasteiger partial charge is 0.186 e. The Bertz CT molecular complexity index is 408. The van der Waals surface area contributed by atoms with Gasteiger partial charge >= 0.3 is 0 Å². The van der Waals surface area contributed by atoms with Crippen molar-refractivity contribution in [3.63, 3.8) is 0 Å². The average Bonchev–Trinajstić information content (AvgIpc) is 2.84. The van der Waals surface area contributed by atoms with Crippen molar-refractivity contribution in [2.45, 2.75) is 6.42 Å². The molecule has 2 heterocycles. The van der Waals surface area contributed by atoms with Crippen LogP contribution in [0.3, 0.4) is 0 Å². The number of nitrogens with two attached hydrogens (primary N) is 1. The Labute approximate surface area is 97.2 Å². The van der Waals surface area contributed by atoms with E-state index in [2.05, 4.69) is 27.4 Å². The number of hydrogen-bond donors (Lipinski definition) is 1. The molecular weight excluding hydrogens is 226 g/mol. The third-order valence-electron chi connectivity index (χ3n) is 2.11. The quantitative estimate of drug-likeness (QED) is 0.891. The van der Waals surface area contributed by atoms with Gasteiger partial charge in [-0.25, -0.2) is 4.98 Å². The van der Waals surface area contributed by atoms with Gasteiger partial charge in [-0.2, -0.15) is 0 Å². The predicted molar refractivity (Wildman–Crippen MR) is 67.8 cm³/mol. The second kappa shape index (κ2) is 4.63. The van der Waals surface area contributed by atoms with Gasteiger partial charge in [0.1, 0.15) is 5.00 Å². The van der Waals surface area contributed by atoms with Gasteiger partial charge < -0.3 is 10.6 Å². The molecule has 0 aromatic carbocycles. The van der Waals surface area contributed by atoms with Gasteiger partial charge in [-0.15, -0.1) is 11.3 Å². The molecule has 0 aliphatic rings. The van der Waals surface area contributed by atoms with Gasteiger partial charge in [0.05, 0.1) is 6.20 Å². The van der Waals surface area contributed by atoms with Crippen LogP contribution >= 0.6 is 22.7 Å². The van der Waals surface area contributed by atoms with Crippen molar-refractivity contribution < 1.29 is 0 Å². The van der Waals surface area contributed by atoms with Crippen LogP contribution in [0.5, 0.6) is 0 Å². The van der Waals surface area contributed by atoms with Crippen molar-refractivity contribution in [2.24, 2.45) is 0 Å². The zero-order valence-electron chi connectivity index (χ0n) is 8.51. The lowest BCUT2D eigenvalue weighted by molar-refractivity contribution is 0.882. The average molecular weight is 239 g/mol. The second-order valence-corrected chi connectivity index (χ2v) is 5.37. The molecular formula is C10H13N3S2. The van der Waals surface area contributed by atoms with Crippen molar-refractivity contribution in [3.05, 3.63) is 28.6 Å². The van der Waals surface area contributed by atoms with E-state index in [9.17, 15) is 0 Å². The lowest BCUT2D eigenvalue weighted by Crippen LogP contribution is -2.19. The zero-order valence-corrected chi connectivity index (χ0v) is 10.1. The number of aromatic nitrogens is 1. The van der Waals surface area contributed by atoms with Crippen molar-refractivity contribution in [1.29, 1.82) is 0 Å². The van der Waals surface area contributed by atoms with Gasteiger partial charge in [0.2, 0.25) is 0 Å². The van der Waals surface area contributed by atoms with E-state index in [1.165, 1.54) is 16.2 Å². The van der Waals surface area contributed by atoms with Crippen LogP contribution in [-0.2, 0) is 6.42 Å². The first-order valence-corrected chi connectivity index (χ1v) is 6.40. The largest absolute Gasteiger partial charge is 0.389 e. The maximum absolute atomic E-state index is 5.64. The molecule has 2 N–H and O–H groups in total. The van der Waals surface area contributed by atoms with E-state index in [0.717, 1.165) is 23.1 Å². The minimum absolute atomic E-state index is 0.771. The highest BCUT2D eigenvalue weighted by molar-refractivity contribution is 7.19. The summed E-state index contributed by atoms with van der Waals surface area (Å²) in [5.41, 5.74) is 5.64. The molecule has 0 radical (unpaired) electrons. The highest BCUT2D eigenvalue weighted by atomic mass is 32.1. The topological polar surface area (TPSA) is 42.2 Å². The fraction of sp³-hybridized carbons (Fsp3) is 0.300. The summed E-state index contributed by atoms with van der Waals surface area (Å²) >= 11 is 3.33. The first-order chi connectivity index (χ1) is 7.25. The van der Waals surface area contributed by atoms with Crippen LogP contribution in [-0.4, -0.2) is 18.6 Å². The van der Waals surface area contributed by atoms with E-state index in [1.807, 2.05) is 7.05 Å². The van der Waals surface area contributed by atoms with Crippen LogP contribution in [0.1, 0.15) is 4.88 Å². The number of hydrogen-bond acceptors (Lipinski definition) is 5. The van der Waals surface area contributed by atoms with E-state index in [1.54, 1.807) is 17.5 Å². The molecule has 3 nitrogen and oxygen atoms in total. The maximum Gasteiger partial charge on any atom is 0.186 e. The molecule has 0 unspecified atom stereocenters. The third kappa shape index (κ3) is 2.70. The minimum atomic E-state index is 0.771. The molecule has 15 heavy (non-hydrogen) atoms. The molecule has 0 fully saturated rings. The monoisotopic (exact) mass is 239 g/mol. The Balaban J connectivity index is 1.90. The fourth-order valence-electron chi connectivity index (χ4n) is 1.28. The molecule has 0 aliphatic carbocycles. The summed E-state index contributed by atoms with van der Waals surface area (Å²) in [6.07, 6.45) is 2.77. The Morgan fingerprint density at radius 3 is 3.00 bits per heavy atom. The van der Waals surface area contributed by atoms with Crippen LogP contribution in [0, 0.1) is 0 Å². The first kappa shape index (κ1) is 10.4. The van der Waals surface area contributed by atoms with Gasteiger partial charge in [0.25, 0.3) is 0 Å². The number of anilines is 2. The number of nitrogens with zero attached hydrogens (tertiary/aromatic N) is 2. The van der Waals surface area contributed by atoms with Gasteiger partial charge in [-0.3, -0.25) is 0 Å². The molecule has 80 valence electrons. The number of rotatable bonds is 4. The van der Waals surface area contributed by atoms with Crippen LogP contribution in [0.4, 0.5) is 10.1 Å². The molecule has 5 heteroatoms. The van der Waals surface area contributed by atoms with E-state index >= 15 is 0 Å². The Morgan fingerprint density at radius 1 is 1.53 bits per heavy atom. The molecule has 0 aliphatic heterocycles. The maximum atomic E-state index is 5.64. The number of likely N-dealkylation sites (N-methyl/N-ethyl adjacent to an activating group) is 1. The molecule has 0 bridgehead atoms. The summed E-state index contributed by atoms with van der Waals surface area (Å²) < 4.78 is 0. The lowest BCUT2D eigenvalue weighted by atomic mass is 10.3. The summed E-state index contributed by atoms with van der Waals surface area (Å²) in [7, 11) is 2.05. The van der Waals surface area contributed by atoms with E-state index in [-0.39, 0.29) is 0 Å². The minimum Gasteiger partial charge on any atom is -0.389 e. The predicted octanol–water partition coefficient (Wildman–Crippen LogP) is 2.47. The highest BCUT2D eigenvalue weighted by Crippen LogP contribution is 2.23. The lowest BCUT2D eigenvalue weighted by Gasteiger charge is -2.14. The number of thiazole rings is 1. The highest BCUT2D eigenvalue weighted by Gasteiger charge is 2.05. The van der Waals surface area contributed by atoms with Crippen LogP contribution in [0.2, 0.25) is 0 Å². The summed E-state index contributed by atoms with van der Waals surface area (Å²) in [6, 6.07) is 4.25. The van der Waals surface area contributed by atoms with E-state index in [0.29, 0.717) is 0 Å². The normalized spacial score (nSPS) is 10.5. The molecule has 2 rings (SSSR count). The van der Waals surface area contributed by atoms with Gasteiger partial charge in [0, 0.05) is 18.5 Å². The van der Waals surface area contributed by atoms with Gasteiger partial charge in [0.15, 0.2) is 5.13 Å². The Kier molecular flexibility index (Phi) is 3.23. The SMILES string of the molecule is CN(CCc1cccs1)c1ncc(N)s1. The molecule has 0 spiro atoms. The van der Waals surface area contributed by atoms with Crippen molar-refractivity contribution in [1.82, 2.24) is 4.98 Å². The summed E-state index contributed by atoms with van der Waals surface area (Å²) in [5, 5.41) is 3.87. The second-order valence-electron chi connectivity index (χ2n) is 3.30. The summed E-state index contributed by atoms with van der Waals surface area (Å²) in [6.45, 7) is 0.980. The van der Waals surface area contributed by atoms with Crippen LogP contribution in [0.25, 0.3) is 0 Å². The van der Waals surface area contributed by atoms with Crippen LogP contribution in [0.15, 0.2) is 23.7 Å².